The van der Waals surface area contributed by atoms with Crippen molar-refractivity contribution in [3.8, 4) is 0 Å². The Hall–Kier alpha value is -0.750. The van der Waals surface area contributed by atoms with Crippen molar-refractivity contribution in [2.75, 3.05) is 18.6 Å². The zero-order chi connectivity index (χ0) is 13.4. The van der Waals surface area contributed by atoms with Gasteiger partial charge in [0.25, 0.3) is 0 Å². The first-order valence-corrected chi connectivity index (χ1v) is 7.10. The van der Waals surface area contributed by atoms with Gasteiger partial charge in [-0.2, -0.15) is 11.8 Å². The molecule has 0 saturated heterocycles. The van der Waals surface area contributed by atoms with Crippen molar-refractivity contribution in [3.63, 3.8) is 0 Å². The molecule has 100 valence electrons. The maximum atomic E-state index is 12.0. The van der Waals surface area contributed by atoms with Gasteiger partial charge >= 0.3 is 5.97 Å². The van der Waals surface area contributed by atoms with Crippen molar-refractivity contribution in [2.24, 2.45) is 5.73 Å². The molecule has 17 heavy (non-hydrogen) atoms. The molecule has 0 aromatic carbocycles. The van der Waals surface area contributed by atoms with Gasteiger partial charge in [-0.3, -0.25) is 9.59 Å². The highest BCUT2D eigenvalue weighted by Gasteiger charge is 2.24. The Bertz CT molecular complexity index is 261. The highest BCUT2D eigenvalue weighted by atomic mass is 32.2. The van der Waals surface area contributed by atoms with Gasteiger partial charge in [0, 0.05) is 12.6 Å². The molecule has 6 heteroatoms. The highest BCUT2D eigenvalue weighted by molar-refractivity contribution is 7.98. The summed E-state index contributed by atoms with van der Waals surface area (Å²) in [4.78, 5) is 24.2. The molecule has 0 bridgehead atoms. The maximum Gasteiger partial charge on any atom is 0.305 e. The standard InChI is InChI=1S/C11H22N2O3S/c1-4-13(8(2)7-10(14)15)11(16)9(12)5-6-17-3/h8-9H,4-7,12H2,1-3H3,(H,14,15)/t8?,9-/m0/s1. The van der Waals surface area contributed by atoms with Crippen LogP contribution in [-0.2, 0) is 9.59 Å². The number of nitrogens with two attached hydrogens (primary N) is 1. The van der Waals surface area contributed by atoms with Crippen molar-refractivity contribution >= 4 is 23.6 Å². The summed E-state index contributed by atoms with van der Waals surface area (Å²) in [5.74, 6) is -0.227. The minimum absolute atomic E-state index is 0.0468. The number of likely N-dealkylation sites (N-methyl/N-ethyl adjacent to an activating group) is 1. The van der Waals surface area contributed by atoms with Crippen LogP contribution in [0, 0.1) is 0 Å². The molecule has 0 fully saturated rings. The van der Waals surface area contributed by atoms with Gasteiger partial charge < -0.3 is 15.7 Å². The van der Waals surface area contributed by atoms with E-state index < -0.39 is 12.0 Å². The average molecular weight is 262 g/mol. The fraction of sp³-hybridized carbons (Fsp3) is 0.818. The molecule has 2 atom stereocenters. The lowest BCUT2D eigenvalue weighted by Gasteiger charge is -2.29. The first kappa shape index (κ1) is 16.2. The summed E-state index contributed by atoms with van der Waals surface area (Å²) in [7, 11) is 0. The van der Waals surface area contributed by atoms with E-state index >= 15 is 0 Å². The lowest BCUT2D eigenvalue weighted by Crippen LogP contribution is -2.48. The minimum atomic E-state index is -0.901. The molecule has 0 heterocycles. The molecule has 5 nitrogen and oxygen atoms in total. The Morgan fingerprint density at radius 1 is 1.47 bits per heavy atom. The molecular weight excluding hydrogens is 240 g/mol. The van der Waals surface area contributed by atoms with Crippen LogP contribution in [0.2, 0.25) is 0 Å². The first-order chi connectivity index (χ1) is 7.93. The number of aliphatic carboxylic acids is 1. The molecule has 1 unspecified atom stereocenters. The Morgan fingerprint density at radius 2 is 2.06 bits per heavy atom. The SMILES string of the molecule is CCN(C(=O)[C@@H](N)CCSC)C(C)CC(=O)O. The second kappa shape index (κ2) is 8.36. The van der Waals surface area contributed by atoms with E-state index in [4.69, 9.17) is 10.8 Å². The third-order valence-electron chi connectivity index (χ3n) is 2.58. The van der Waals surface area contributed by atoms with Gasteiger partial charge in [0.05, 0.1) is 12.5 Å². The van der Waals surface area contributed by atoms with Crippen molar-refractivity contribution < 1.29 is 14.7 Å². The molecule has 0 radical (unpaired) electrons. The summed E-state index contributed by atoms with van der Waals surface area (Å²) in [6.45, 7) is 4.05. The van der Waals surface area contributed by atoms with Gasteiger partial charge in [-0.1, -0.05) is 0 Å². The normalized spacial score (nSPS) is 14.1. The van der Waals surface area contributed by atoms with Crippen LogP contribution in [0.15, 0.2) is 0 Å². The average Bonchev–Trinajstić information content (AvgIpc) is 2.25. The zero-order valence-electron chi connectivity index (χ0n) is 10.7. The Labute approximate surface area is 107 Å². The summed E-state index contributed by atoms with van der Waals surface area (Å²) in [6, 6.07) is -0.844. The van der Waals surface area contributed by atoms with Gasteiger partial charge in [0.15, 0.2) is 0 Å². The number of carbonyl (C=O) groups is 2. The number of amides is 1. The van der Waals surface area contributed by atoms with Gasteiger partial charge in [-0.25, -0.2) is 0 Å². The second-order valence-electron chi connectivity index (χ2n) is 3.96. The van der Waals surface area contributed by atoms with Gasteiger partial charge in [-0.15, -0.1) is 0 Å². The summed E-state index contributed by atoms with van der Waals surface area (Å²) >= 11 is 1.64. The monoisotopic (exact) mass is 262 g/mol. The van der Waals surface area contributed by atoms with Crippen LogP contribution in [0.1, 0.15) is 26.7 Å². The predicted octanol–water partition coefficient (Wildman–Crippen LogP) is 0.778. The van der Waals surface area contributed by atoms with Crippen LogP contribution in [-0.4, -0.2) is 52.5 Å². The summed E-state index contributed by atoms with van der Waals surface area (Å²) in [5.41, 5.74) is 5.80. The minimum Gasteiger partial charge on any atom is -0.481 e. The number of thioether (sulfide) groups is 1. The largest absolute Gasteiger partial charge is 0.481 e. The number of carboxylic acids is 1. The Balaban J connectivity index is 4.42. The van der Waals surface area contributed by atoms with E-state index in [0.717, 1.165) is 5.75 Å². The fourth-order valence-corrected chi connectivity index (χ4v) is 2.12. The van der Waals surface area contributed by atoms with Gasteiger partial charge in [0.2, 0.25) is 5.91 Å². The second-order valence-corrected chi connectivity index (χ2v) is 4.94. The van der Waals surface area contributed by atoms with E-state index in [-0.39, 0.29) is 18.4 Å². The van der Waals surface area contributed by atoms with Gasteiger partial charge in [0.1, 0.15) is 0 Å². The maximum absolute atomic E-state index is 12.0. The summed E-state index contributed by atoms with van der Waals surface area (Å²) in [5, 5.41) is 8.72. The number of hydrogen-bond acceptors (Lipinski definition) is 4. The van der Waals surface area contributed by atoms with Crippen molar-refractivity contribution in [1.82, 2.24) is 4.90 Å². The van der Waals surface area contributed by atoms with E-state index in [1.807, 2.05) is 13.2 Å². The summed E-state index contributed by atoms with van der Waals surface area (Å²) < 4.78 is 0. The van der Waals surface area contributed by atoms with Crippen molar-refractivity contribution in [3.05, 3.63) is 0 Å². The number of carbonyl (C=O) groups excluding carboxylic acids is 1. The molecule has 0 aliphatic rings. The molecule has 0 spiro atoms. The number of rotatable bonds is 8. The molecule has 0 aliphatic heterocycles. The van der Waals surface area contributed by atoms with E-state index in [0.29, 0.717) is 13.0 Å². The van der Waals surface area contributed by atoms with E-state index in [1.54, 1.807) is 23.6 Å². The van der Waals surface area contributed by atoms with Crippen LogP contribution in [0.4, 0.5) is 0 Å². The molecule has 0 aliphatic carbocycles. The number of carboxylic acid groups (broad SMARTS) is 1. The molecule has 0 aromatic heterocycles. The molecule has 1 amide bonds. The van der Waals surface area contributed by atoms with Crippen molar-refractivity contribution in [2.45, 2.75) is 38.8 Å². The van der Waals surface area contributed by atoms with E-state index in [2.05, 4.69) is 0 Å². The highest BCUT2D eigenvalue weighted by Crippen LogP contribution is 2.08. The van der Waals surface area contributed by atoms with E-state index in [9.17, 15) is 9.59 Å². The van der Waals surface area contributed by atoms with Crippen LogP contribution in [0.3, 0.4) is 0 Å². The molecule has 0 saturated carbocycles. The van der Waals surface area contributed by atoms with Crippen LogP contribution in [0.5, 0.6) is 0 Å². The molecule has 3 N–H and O–H groups in total. The number of nitrogens with zero attached hydrogens (tertiary/aromatic N) is 1. The Kier molecular flexibility index (Phi) is 7.99. The lowest BCUT2D eigenvalue weighted by atomic mass is 10.1. The Morgan fingerprint density at radius 3 is 2.47 bits per heavy atom. The fourth-order valence-electron chi connectivity index (χ4n) is 1.63. The van der Waals surface area contributed by atoms with Gasteiger partial charge in [-0.05, 0) is 32.3 Å². The van der Waals surface area contributed by atoms with Crippen molar-refractivity contribution in [1.29, 1.82) is 0 Å². The smallest absolute Gasteiger partial charge is 0.305 e. The third kappa shape index (κ3) is 5.93. The number of hydrogen-bond donors (Lipinski definition) is 2. The third-order valence-corrected chi connectivity index (χ3v) is 3.22. The molecule has 0 aromatic rings. The summed E-state index contributed by atoms with van der Waals surface area (Å²) in [6.07, 6.45) is 2.53. The molecular formula is C11H22N2O3S. The zero-order valence-corrected chi connectivity index (χ0v) is 11.5. The quantitative estimate of drug-likeness (QED) is 0.675. The first-order valence-electron chi connectivity index (χ1n) is 5.70. The van der Waals surface area contributed by atoms with Crippen LogP contribution >= 0.6 is 11.8 Å². The molecule has 0 rings (SSSR count). The predicted molar refractivity (Wildman–Crippen MR) is 70.1 cm³/mol. The lowest BCUT2D eigenvalue weighted by molar-refractivity contribution is -0.140. The van der Waals surface area contributed by atoms with E-state index in [1.165, 1.54) is 0 Å². The van der Waals surface area contributed by atoms with Crippen LogP contribution in [0.25, 0.3) is 0 Å². The topological polar surface area (TPSA) is 83.6 Å². The van der Waals surface area contributed by atoms with Crippen LogP contribution < -0.4 is 5.73 Å².